The van der Waals surface area contributed by atoms with Gasteiger partial charge in [-0.3, -0.25) is 0 Å². The molecule has 1 N–H and O–H groups in total. The fraction of sp³-hybridized carbons (Fsp3) is 0.273. The van der Waals surface area contributed by atoms with Crippen molar-refractivity contribution in [1.29, 1.82) is 0 Å². The maximum absolute atomic E-state index is 11.3. The Morgan fingerprint density at radius 2 is 2.12 bits per heavy atom. The predicted octanol–water partition coefficient (Wildman–Crippen LogP) is 2.37. The summed E-state index contributed by atoms with van der Waals surface area (Å²) in [6.45, 7) is 3.27. The third-order valence-corrected chi connectivity index (χ3v) is 4.42. The van der Waals surface area contributed by atoms with E-state index in [0.717, 1.165) is 21.9 Å². The summed E-state index contributed by atoms with van der Waals surface area (Å²) in [5, 5.41) is 0.947. The largest absolute Gasteiger partial charge is 0.233 e. The maximum Gasteiger partial charge on any atom is 0.233 e. The van der Waals surface area contributed by atoms with Crippen LogP contribution in [0.15, 0.2) is 40.7 Å². The molecule has 0 radical (unpaired) electrons. The zero-order valence-electron chi connectivity index (χ0n) is 8.56. The van der Waals surface area contributed by atoms with Gasteiger partial charge < -0.3 is 0 Å². The van der Waals surface area contributed by atoms with E-state index in [9.17, 15) is 8.42 Å². The minimum Gasteiger partial charge on any atom is -0.208 e. The lowest BCUT2D eigenvalue weighted by Gasteiger charge is -2.04. The smallest absolute Gasteiger partial charge is 0.208 e. The quantitative estimate of drug-likeness (QED) is 0.928. The van der Waals surface area contributed by atoms with Crippen molar-refractivity contribution in [2.75, 3.05) is 0 Å². The van der Waals surface area contributed by atoms with Crippen LogP contribution in [-0.4, -0.2) is 14.5 Å². The fourth-order valence-electron chi connectivity index (χ4n) is 1.70. The third-order valence-electron chi connectivity index (χ3n) is 2.63. The highest BCUT2D eigenvalue weighted by Gasteiger charge is 2.41. The molecule has 2 atom stereocenters. The molecule has 86 valence electrons. The topological polar surface area (TPSA) is 46.2 Å². The van der Waals surface area contributed by atoms with Crippen molar-refractivity contribution in [1.82, 2.24) is 4.72 Å². The van der Waals surface area contributed by atoms with Gasteiger partial charge in [0.2, 0.25) is 10.0 Å². The van der Waals surface area contributed by atoms with Crippen LogP contribution in [0, 0.1) is 0 Å². The summed E-state index contributed by atoms with van der Waals surface area (Å²) in [4.78, 5) is 0. The Morgan fingerprint density at radius 3 is 2.75 bits per heavy atom. The van der Waals surface area contributed by atoms with Gasteiger partial charge in [0.1, 0.15) is 0 Å². The zero-order chi connectivity index (χ0) is 11.8. The molecule has 1 saturated carbocycles. The number of benzene rings is 1. The van der Waals surface area contributed by atoms with Crippen LogP contribution in [0.2, 0.25) is 0 Å². The molecule has 1 aromatic carbocycles. The Labute approximate surface area is 104 Å². The Balaban J connectivity index is 2.08. The van der Waals surface area contributed by atoms with Crippen molar-refractivity contribution in [3.05, 3.63) is 46.3 Å². The molecule has 0 spiro atoms. The molecule has 0 aromatic heterocycles. The fourth-order valence-corrected chi connectivity index (χ4v) is 3.06. The second-order valence-corrected chi connectivity index (χ2v) is 6.31. The van der Waals surface area contributed by atoms with Crippen LogP contribution in [0.5, 0.6) is 0 Å². The molecule has 0 amide bonds. The number of nitrogens with one attached hydrogen (secondary N) is 1. The van der Waals surface area contributed by atoms with E-state index in [-0.39, 0.29) is 12.0 Å². The van der Waals surface area contributed by atoms with Crippen molar-refractivity contribution >= 4 is 26.0 Å². The van der Waals surface area contributed by atoms with Crippen molar-refractivity contribution in [2.45, 2.75) is 18.4 Å². The minimum atomic E-state index is -3.31. The highest BCUT2D eigenvalue weighted by atomic mass is 79.9. The molecular weight excluding hydrogens is 290 g/mol. The molecule has 0 saturated heterocycles. The van der Waals surface area contributed by atoms with Crippen LogP contribution in [0.4, 0.5) is 0 Å². The molecule has 1 aliphatic rings. The van der Waals surface area contributed by atoms with Gasteiger partial charge in [-0.05, 0) is 18.1 Å². The number of halogens is 1. The Kier molecular flexibility index (Phi) is 3.19. The van der Waals surface area contributed by atoms with Crippen molar-refractivity contribution in [3.63, 3.8) is 0 Å². The van der Waals surface area contributed by atoms with E-state index in [2.05, 4.69) is 27.2 Å². The molecule has 1 fully saturated rings. The van der Waals surface area contributed by atoms with Crippen molar-refractivity contribution in [2.24, 2.45) is 0 Å². The van der Waals surface area contributed by atoms with Gasteiger partial charge in [0.15, 0.2) is 0 Å². The normalized spacial score (nSPS) is 24.1. The molecular formula is C11H12BrNO2S. The van der Waals surface area contributed by atoms with Crippen LogP contribution in [0.25, 0.3) is 0 Å². The summed E-state index contributed by atoms with van der Waals surface area (Å²) in [6, 6.07) is 7.88. The molecule has 16 heavy (non-hydrogen) atoms. The third kappa shape index (κ3) is 2.53. The van der Waals surface area contributed by atoms with Gasteiger partial charge in [-0.15, -0.1) is 0 Å². The minimum absolute atomic E-state index is 0.00157. The molecule has 2 rings (SSSR count). The molecule has 1 aromatic rings. The van der Waals surface area contributed by atoms with Gasteiger partial charge in [-0.1, -0.05) is 40.7 Å². The second kappa shape index (κ2) is 4.31. The van der Waals surface area contributed by atoms with E-state index >= 15 is 0 Å². The van der Waals surface area contributed by atoms with Crippen molar-refractivity contribution in [3.8, 4) is 0 Å². The Hall–Kier alpha value is -0.650. The first-order chi connectivity index (χ1) is 7.53. The predicted molar refractivity (Wildman–Crippen MR) is 67.5 cm³/mol. The van der Waals surface area contributed by atoms with Crippen molar-refractivity contribution < 1.29 is 8.42 Å². The number of rotatable bonds is 4. The lowest BCUT2D eigenvalue weighted by molar-refractivity contribution is 0.589. The molecule has 1 aliphatic carbocycles. The summed E-state index contributed by atoms with van der Waals surface area (Å²) in [6.07, 6.45) is 0.843. The second-order valence-electron chi connectivity index (χ2n) is 3.80. The zero-order valence-corrected chi connectivity index (χ0v) is 11.0. The van der Waals surface area contributed by atoms with E-state index in [1.165, 1.54) is 0 Å². The summed E-state index contributed by atoms with van der Waals surface area (Å²) < 4.78 is 26.2. The van der Waals surface area contributed by atoms with Gasteiger partial charge in [0, 0.05) is 21.8 Å². The number of hydrogen-bond donors (Lipinski definition) is 1. The average molecular weight is 302 g/mol. The van der Waals surface area contributed by atoms with Gasteiger partial charge in [0.25, 0.3) is 0 Å². The molecule has 0 heterocycles. The van der Waals surface area contributed by atoms with Gasteiger partial charge in [-0.25, -0.2) is 13.1 Å². The summed E-state index contributed by atoms with van der Waals surface area (Å²) >= 11 is 3.46. The van der Waals surface area contributed by atoms with Gasteiger partial charge >= 0.3 is 0 Å². The first-order valence-electron chi connectivity index (χ1n) is 4.92. The summed E-state index contributed by atoms with van der Waals surface area (Å²) in [7, 11) is -3.31. The van der Waals surface area contributed by atoms with Crippen LogP contribution >= 0.6 is 15.9 Å². The summed E-state index contributed by atoms with van der Waals surface area (Å²) in [5.41, 5.74) is 1.15. The Morgan fingerprint density at radius 1 is 1.44 bits per heavy atom. The highest BCUT2D eigenvalue weighted by Crippen LogP contribution is 2.43. The van der Waals surface area contributed by atoms with Gasteiger partial charge in [0.05, 0.1) is 0 Å². The molecule has 0 unspecified atom stereocenters. The van der Waals surface area contributed by atoms with E-state index in [1.54, 1.807) is 0 Å². The summed E-state index contributed by atoms with van der Waals surface area (Å²) in [5.74, 6) is 0.269. The molecule has 0 bridgehead atoms. The molecule has 5 heteroatoms. The van der Waals surface area contributed by atoms with E-state index in [4.69, 9.17) is 0 Å². The van der Waals surface area contributed by atoms with Crippen LogP contribution in [0.1, 0.15) is 17.9 Å². The monoisotopic (exact) mass is 301 g/mol. The maximum atomic E-state index is 11.3. The lowest BCUT2D eigenvalue weighted by Crippen LogP contribution is -2.24. The Bertz CT molecular complexity index is 512. The number of hydrogen-bond acceptors (Lipinski definition) is 2. The first-order valence-corrected chi connectivity index (χ1v) is 7.26. The van der Waals surface area contributed by atoms with E-state index in [0.29, 0.717) is 0 Å². The first kappa shape index (κ1) is 11.8. The standard InChI is InChI=1S/C11H12BrNO2S/c1-2-16(14,15)13-11-7-9(11)8-5-3-4-6-10(8)12/h2-6,9,11,13H,1,7H2/t9-,11+/m0/s1. The molecule has 0 aliphatic heterocycles. The SMILES string of the molecule is C=CS(=O)(=O)N[C@@H]1C[C@H]1c1ccccc1Br. The van der Waals surface area contributed by atoms with Crippen LogP contribution in [-0.2, 0) is 10.0 Å². The van der Waals surface area contributed by atoms with E-state index in [1.807, 2.05) is 24.3 Å². The van der Waals surface area contributed by atoms with Crippen LogP contribution < -0.4 is 4.72 Å². The van der Waals surface area contributed by atoms with Crippen LogP contribution in [0.3, 0.4) is 0 Å². The number of sulfonamides is 1. The molecule has 3 nitrogen and oxygen atoms in total. The van der Waals surface area contributed by atoms with Gasteiger partial charge in [-0.2, -0.15) is 0 Å². The average Bonchev–Trinajstić information content (AvgIpc) is 2.97. The lowest BCUT2D eigenvalue weighted by atomic mass is 10.1. The highest BCUT2D eigenvalue weighted by molar-refractivity contribution is 9.10. The van der Waals surface area contributed by atoms with E-state index < -0.39 is 10.0 Å².